The summed E-state index contributed by atoms with van der Waals surface area (Å²) in [7, 11) is 0. The number of esters is 1. The van der Waals surface area contributed by atoms with E-state index in [4.69, 9.17) is 20.8 Å². The third kappa shape index (κ3) is 5.05. The molecule has 34 heavy (non-hydrogen) atoms. The second-order valence-electron chi connectivity index (χ2n) is 8.58. The van der Waals surface area contributed by atoms with E-state index in [0.29, 0.717) is 49.0 Å². The van der Waals surface area contributed by atoms with Crippen molar-refractivity contribution in [1.82, 2.24) is 9.47 Å². The van der Waals surface area contributed by atoms with Gasteiger partial charge in [-0.2, -0.15) is 0 Å². The number of furan rings is 1. The molecule has 8 heteroatoms. The van der Waals surface area contributed by atoms with Crippen LogP contribution >= 0.6 is 11.6 Å². The minimum absolute atomic E-state index is 0.0595. The van der Waals surface area contributed by atoms with Gasteiger partial charge in [0.1, 0.15) is 11.5 Å². The van der Waals surface area contributed by atoms with Gasteiger partial charge in [-0.15, -0.1) is 0 Å². The largest absolute Gasteiger partial charge is 0.507 e. The number of nitrogens with zero attached hydrogens (tertiary/aromatic N) is 2. The molecule has 1 N–H and O–H groups in total. The summed E-state index contributed by atoms with van der Waals surface area (Å²) >= 11 is 6.31. The van der Waals surface area contributed by atoms with Crippen molar-refractivity contribution in [2.75, 3.05) is 19.7 Å². The van der Waals surface area contributed by atoms with Gasteiger partial charge in [-0.1, -0.05) is 23.7 Å². The third-order valence-corrected chi connectivity index (χ3v) is 6.60. The van der Waals surface area contributed by atoms with Gasteiger partial charge in [-0.05, 0) is 75.7 Å². The van der Waals surface area contributed by atoms with Crippen LogP contribution in [0.3, 0.4) is 0 Å². The lowest BCUT2D eigenvalue weighted by Crippen LogP contribution is -2.42. The van der Waals surface area contributed by atoms with E-state index < -0.39 is 6.04 Å². The molecule has 4 rings (SSSR count). The first kappa shape index (κ1) is 24.1. The highest BCUT2D eigenvalue weighted by Crippen LogP contribution is 2.36. The fourth-order valence-electron chi connectivity index (χ4n) is 4.67. The van der Waals surface area contributed by atoms with Crippen molar-refractivity contribution in [3.05, 3.63) is 86.7 Å². The minimum Gasteiger partial charge on any atom is -0.507 e. The van der Waals surface area contributed by atoms with E-state index in [1.807, 2.05) is 24.3 Å². The Morgan fingerprint density at radius 3 is 2.65 bits per heavy atom. The first-order valence-corrected chi connectivity index (χ1v) is 11.9. The van der Waals surface area contributed by atoms with E-state index in [1.165, 1.54) is 0 Å². The quantitative estimate of drug-likeness (QED) is 0.496. The number of aromatic hydroxyl groups is 1. The van der Waals surface area contributed by atoms with Crippen LogP contribution in [0.5, 0.6) is 5.75 Å². The van der Waals surface area contributed by atoms with E-state index in [1.54, 1.807) is 42.9 Å². The molecule has 1 fully saturated rings. The number of aromatic nitrogens is 1. The average Bonchev–Trinajstić information content (AvgIpc) is 3.33. The molecule has 3 aromatic rings. The predicted octanol–water partition coefficient (Wildman–Crippen LogP) is 4.52. The molecule has 0 amide bonds. The molecule has 0 aliphatic carbocycles. The van der Waals surface area contributed by atoms with Crippen LogP contribution in [0, 0.1) is 12.8 Å². The van der Waals surface area contributed by atoms with Gasteiger partial charge in [-0.25, -0.2) is 0 Å². The number of aryl methyl sites for hydroxylation is 1. The van der Waals surface area contributed by atoms with Crippen molar-refractivity contribution in [2.45, 2.75) is 39.3 Å². The van der Waals surface area contributed by atoms with Crippen LogP contribution in [0.2, 0.25) is 5.02 Å². The molecule has 7 nitrogen and oxygen atoms in total. The first-order valence-electron chi connectivity index (χ1n) is 11.5. The molecule has 1 aliphatic rings. The summed E-state index contributed by atoms with van der Waals surface area (Å²) in [6.07, 6.45) is 2.80. The van der Waals surface area contributed by atoms with Crippen LogP contribution in [0.1, 0.15) is 48.4 Å². The molecular formula is C26H29ClN2O5. The lowest BCUT2D eigenvalue weighted by molar-refractivity contribution is -0.149. The molecule has 0 radical (unpaired) electrons. The number of piperidine rings is 1. The number of carbonyl (C=O) groups excluding carboxylic acids is 1. The van der Waals surface area contributed by atoms with Gasteiger partial charge in [0.15, 0.2) is 0 Å². The van der Waals surface area contributed by atoms with E-state index in [2.05, 4.69) is 4.90 Å². The van der Waals surface area contributed by atoms with E-state index >= 15 is 0 Å². The smallest absolute Gasteiger partial charge is 0.309 e. The Hall–Kier alpha value is -3.03. The summed E-state index contributed by atoms with van der Waals surface area (Å²) < 4.78 is 12.3. The Kier molecular flexibility index (Phi) is 7.44. The standard InChI is InChI=1S/C26H29ClN2O5/c1-3-33-26(32)18-9-11-28(12-10-18)24(19-6-4-7-20(27)15-19)23-22(30)14-17(2)29(25(23)31)16-21-8-5-13-34-21/h4-8,13-15,18,24,30H,3,9-12,16H2,1-2H3/t24-/m0/s1. The number of halogens is 1. The molecular weight excluding hydrogens is 456 g/mol. The Bertz CT molecular complexity index is 1200. The molecule has 0 bridgehead atoms. The summed E-state index contributed by atoms with van der Waals surface area (Å²) in [4.78, 5) is 28.1. The Morgan fingerprint density at radius 2 is 2.00 bits per heavy atom. The lowest BCUT2D eigenvalue weighted by Gasteiger charge is -2.37. The fourth-order valence-corrected chi connectivity index (χ4v) is 4.87. The summed E-state index contributed by atoms with van der Waals surface area (Å²) in [6, 6.07) is 12.0. The van der Waals surface area contributed by atoms with E-state index in [0.717, 1.165) is 5.56 Å². The summed E-state index contributed by atoms with van der Waals surface area (Å²) in [6.45, 7) is 5.36. The average molecular weight is 485 g/mol. The number of hydrogen-bond donors (Lipinski definition) is 1. The number of ether oxygens (including phenoxy) is 1. The van der Waals surface area contributed by atoms with Crippen molar-refractivity contribution in [2.24, 2.45) is 5.92 Å². The third-order valence-electron chi connectivity index (χ3n) is 6.37. The van der Waals surface area contributed by atoms with Gasteiger partial charge in [0.05, 0.1) is 36.9 Å². The molecule has 1 aliphatic heterocycles. The van der Waals surface area contributed by atoms with Crippen molar-refractivity contribution in [3.8, 4) is 5.75 Å². The van der Waals surface area contributed by atoms with Gasteiger partial charge in [0.25, 0.3) is 5.56 Å². The van der Waals surface area contributed by atoms with Crippen molar-refractivity contribution >= 4 is 17.6 Å². The first-order chi connectivity index (χ1) is 16.4. The number of likely N-dealkylation sites (tertiary alicyclic amines) is 1. The maximum Gasteiger partial charge on any atom is 0.309 e. The van der Waals surface area contributed by atoms with Crippen LogP contribution < -0.4 is 5.56 Å². The van der Waals surface area contributed by atoms with Crippen molar-refractivity contribution in [1.29, 1.82) is 0 Å². The molecule has 3 heterocycles. The Balaban J connectivity index is 1.75. The predicted molar refractivity (Wildman–Crippen MR) is 129 cm³/mol. The second kappa shape index (κ2) is 10.5. The van der Waals surface area contributed by atoms with Gasteiger partial charge in [-0.3, -0.25) is 14.5 Å². The maximum absolute atomic E-state index is 13.8. The minimum atomic E-state index is -0.516. The van der Waals surface area contributed by atoms with Gasteiger partial charge < -0.3 is 18.8 Å². The lowest BCUT2D eigenvalue weighted by atomic mass is 9.91. The fraction of sp³-hybridized carbons (Fsp3) is 0.385. The number of benzene rings is 1. The molecule has 180 valence electrons. The highest BCUT2D eigenvalue weighted by atomic mass is 35.5. The summed E-state index contributed by atoms with van der Waals surface area (Å²) in [5, 5.41) is 11.5. The second-order valence-corrected chi connectivity index (χ2v) is 9.01. The van der Waals surface area contributed by atoms with E-state index in [-0.39, 0.29) is 35.3 Å². The van der Waals surface area contributed by atoms with Gasteiger partial charge in [0.2, 0.25) is 0 Å². The normalized spacial score (nSPS) is 15.9. The molecule has 1 aromatic carbocycles. The zero-order valence-electron chi connectivity index (χ0n) is 19.4. The maximum atomic E-state index is 13.8. The van der Waals surface area contributed by atoms with Crippen LogP contribution in [-0.4, -0.2) is 40.2 Å². The molecule has 1 saturated heterocycles. The van der Waals surface area contributed by atoms with Gasteiger partial charge >= 0.3 is 5.97 Å². The van der Waals surface area contributed by atoms with Crippen molar-refractivity contribution < 1.29 is 19.1 Å². The highest BCUT2D eigenvalue weighted by Gasteiger charge is 2.34. The molecule has 2 aromatic heterocycles. The molecule has 0 unspecified atom stereocenters. The van der Waals surface area contributed by atoms with Crippen LogP contribution in [-0.2, 0) is 16.1 Å². The van der Waals surface area contributed by atoms with Crippen LogP contribution in [0.25, 0.3) is 0 Å². The number of pyridine rings is 1. The molecule has 1 atom stereocenters. The SMILES string of the molecule is CCOC(=O)C1CCN([C@@H](c2cccc(Cl)c2)c2c(O)cc(C)n(Cc3ccco3)c2=O)CC1. The van der Waals surface area contributed by atoms with Crippen LogP contribution in [0.4, 0.5) is 0 Å². The zero-order valence-corrected chi connectivity index (χ0v) is 20.1. The molecule has 0 spiro atoms. The molecule has 0 saturated carbocycles. The number of rotatable bonds is 7. The topological polar surface area (TPSA) is 84.9 Å². The number of hydrogen-bond acceptors (Lipinski definition) is 6. The van der Waals surface area contributed by atoms with Crippen molar-refractivity contribution in [3.63, 3.8) is 0 Å². The Labute approximate surface area is 203 Å². The Morgan fingerprint density at radius 1 is 1.24 bits per heavy atom. The van der Waals surface area contributed by atoms with Gasteiger partial charge in [0, 0.05) is 10.7 Å². The highest BCUT2D eigenvalue weighted by molar-refractivity contribution is 6.30. The number of carbonyl (C=O) groups is 1. The van der Waals surface area contributed by atoms with E-state index in [9.17, 15) is 14.7 Å². The summed E-state index contributed by atoms with van der Waals surface area (Å²) in [5.41, 5.74) is 1.44. The van der Waals surface area contributed by atoms with Crippen LogP contribution in [0.15, 0.2) is 57.9 Å². The monoisotopic (exact) mass is 484 g/mol. The zero-order chi connectivity index (χ0) is 24.2. The summed E-state index contributed by atoms with van der Waals surface area (Å²) in [5.74, 6) is 0.242.